The summed E-state index contributed by atoms with van der Waals surface area (Å²) < 4.78 is 13.2. The van der Waals surface area contributed by atoms with Crippen LogP contribution in [0.2, 0.25) is 0 Å². The van der Waals surface area contributed by atoms with Gasteiger partial charge in [0.2, 0.25) is 5.91 Å². The average molecular weight is 620 g/mol. The van der Waals surface area contributed by atoms with Crippen LogP contribution in [0.25, 0.3) is 11.3 Å². The first-order valence-corrected chi connectivity index (χ1v) is 14.1. The molecule has 1 aliphatic rings. The third-order valence-corrected chi connectivity index (χ3v) is 7.77. The maximum atomic E-state index is 12.7. The van der Waals surface area contributed by atoms with Crippen LogP contribution in [0.15, 0.2) is 81.8 Å². The second-order valence-electron chi connectivity index (χ2n) is 10.8. The van der Waals surface area contributed by atoms with Crippen LogP contribution >= 0.6 is 28.1 Å². The van der Waals surface area contributed by atoms with E-state index < -0.39 is 5.41 Å². The van der Waals surface area contributed by atoms with Gasteiger partial charge < -0.3 is 24.7 Å². The predicted octanol–water partition coefficient (Wildman–Crippen LogP) is 7.58. The molecule has 4 aromatic rings. The molecule has 0 spiro atoms. The topological polar surface area (TPSA) is 79.6 Å². The Labute approximate surface area is 248 Å². The van der Waals surface area contributed by atoms with Crippen LogP contribution in [0.5, 0.6) is 5.75 Å². The number of nitrogens with zero attached hydrogens (tertiary/aromatic N) is 2. The van der Waals surface area contributed by atoms with Crippen molar-refractivity contribution < 1.29 is 13.9 Å². The van der Waals surface area contributed by atoms with E-state index in [9.17, 15) is 4.79 Å². The first-order chi connectivity index (χ1) is 19.1. The highest BCUT2D eigenvalue weighted by Gasteiger charge is 2.43. The summed E-state index contributed by atoms with van der Waals surface area (Å²) in [6.07, 6.45) is 1.77. The number of amides is 1. The Hall–Kier alpha value is -3.69. The summed E-state index contributed by atoms with van der Waals surface area (Å²) in [7, 11) is 1.58. The maximum Gasteiger partial charge on any atom is 0.229 e. The Kier molecular flexibility index (Phi) is 7.70. The quantitative estimate of drug-likeness (QED) is 0.216. The van der Waals surface area contributed by atoms with E-state index in [4.69, 9.17) is 21.4 Å². The molecule has 2 aromatic heterocycles. The van der Waals surface area contributed by atoms with E-state index in [0.29, 0.717) is 16.5 Å². The third kappa shape index (κ3) is 5.48. The standard InChI is InChI=1S/C31H31BrN4O3S/c1-18-9-11-20(21(32)16-18)24-13-14-25(39-24)28-27(23-8-6-7-15-33-23)35-30(40)36(28)19-10-12-22(26(17-19)38-5)34-29(37)31(2,3)4/h6-17,27-28H,1-5H3,(H,34,37)(H,35,40). The number of rotatable bonds is 6. The van der Waals surface area contributed by atoms with Crippen molar-refractivity contribution in [1.82, 2.24) is 10.3 Å². The molecule has 1 aliphatic heterocycles. The third-order valence-electron chi connectivity index (χ3n) is 6.80. The van der Waals surface area contributed by atoms with Crippen molar-refractivity contribution in [2.75, 3.05) is 17.3 Å². The first-order valence-electron chi connectivity index (χ1n) is 12.9. The largest absolute Gasteiger partial charge is 0.494 e. The van der Waals surface area contributed by atoms with Gasteiger partial charge in [0.1, 0.15) is 23.3 Å². The number of halogens is 1. The van der Waals surface area contributed by atoms with E-state index in [1.807, 2.05) is 80.3 Å². The van der Waals surface area contributed by atoms with Crippen molar-refractivity contribution in [1.29, 1.82) is 0 Å². The lowest BCUT2D eigenvalue weighted by atomic mass is 9.95. The maximum absolute atomic E-state index is 12.7. The van der Waals surface area contributed by atoms with E-state index in [-0.39, 0.29) is 18.0 Å². The zero-order chi connectivity index (χ0) is 28.6. The Morgan fingerprint density at radius 1 is 1.12 bits per heavy atom. The molecule has 2 aromatic carbocycles. The van der Waals surface area contributed by atoms with Gasteiger partial charge in [-0.2, -0.15) is 0 Å². The van der Waals surface area contributed by atoms with Gasteiger partial charge in [-0.1, -0.05) is 48.8 Å². The number of anilines is 2. The molecule has 2 atom stereocenters. The fraction of sp³-hybridized carbons (Fsp3) is 0.258. The molecule has 2 unspecified atom stereocenters. The second kappa shape index (κ2) is 11.1. The van der Waals surface area contributed by atoms with Gasteiger partial charge in [0.25, 0.3) is 0 Å². The highest BCUT2D eigenvalue weighted by Crippen LogP contribution is 2.45. The molecule has 0 saturated carbocycles. The average Bonchev–Trinajstić information content (AvgIpc) is 3.53. The van der Waals surface area contributed by atoms with Gasteiger partial charge in [-0.15, -0.1) is 0 Å². The van der Waals surface area contributed by atoms with Gasteiger partial charge in [-0.05, 0) is 73.2 Å². The number of nitrogens with one attached hydrogen (secondary N) is 2. The lowest BCUT2D eigenvalue weighted by Gasteiger charge is -2.27. The number of hydrogen-bond acceptors (Lipinski definition) is 5. The summed E-state index contributed by atoms with van der Waals surface area (Å²) in [5.41, 5.74) is 3.80. The van der Waals surface area contributed by atoms with Crippen LogP contribution in [-0.4, -0.2) is 23.1 Å². The minimum atomic E-state index is -0.547. The summed E-state index contributed by atoms with van der Waals surface area (Å²) in [6, 6.07) is 21.0. The molecular weight excluding hydrogens is 588 g/mol. The number of hydrogen-bond donors (Lipinski definition) is 2. The number of benzene rings is 2. The summed E-state index contributed by atoms with van der Waals surface area (Å²) in [4.78, 5) is 19.3. The fourth-order valence-corrected chi connectivity index (χ4v) is 5.68. The number of pyridine rings is 1. The molecule has 0 aliphatic carbocycles. The van der Waals surface area contributed by atoms with Crippen LogP contribution in [-0.2, 0) is 4.79 Å². The summed E-state index contributed by atoms with van der Waals surface area (Å²) in [6.45, 7) is 7.66. The number of carbonyl (C=O) groups is 1. The van der Waals surface area contributed by atoms with Crippen molar-refractivity contribution in [3.63, 3.8) is 0 Å². The molecular formula is C31H31BrN4O3S. The van der Waals surface area contributed by atoms with Crippen molar-refractivity contribution >= 4 is 50.5 Å². The number of furan rings is 1. The SMILES string of the molecule is COc1cc(N2C(=S)NC(c3ccccn3)C2c2ccc(-c3ccc(C)cc3Br)o2)ccc1NC(=O)C(C)(C)C. The zero-order valence-corrected chi connectivity index (χ0v) is 25.4. The van der Waals surface area contributed by atoms with Gasteiger partial charge in [-0.3, -0.25) is 9.78 Å². The monoisotopic (exact) mass is 618 g/mol. The molecule has 1 fully saturated rings. The van der Waals surface area contributed by atoms with Crippen molar-refractivity contribution in [2.45, 2.75) is 39.8 Å². The summed E-state index contributed by atoms with van der Waals surface area (Å²) in [5, 5.41) is 6.96. The molecule has 3 heterocycles. The molecule has 0 bridgehead atoms. The highest BCUT2D eigenvalue weighted by molar-refractivity contribution is 9.10. The van der Waals surface area contributed by atoms with Crippen LogP contribution in [0.1, 0.15) is 49.9 Å². The van der Waals surface area contributed by atoms with Gasteiger partial charge in [0.15, 0.2) is 5.11 Å². The smallest absolute Gasteiger partial charge is 0.229 e. The predicted molar refractivity (Wildman–Crippen MR) is 166 cm³/mol. The number of methoxy groups -OCH3 is 1. The fourth-order valence-electron chi connectivity index (χ4n) is 4.64. The Morgan fingerprint density at radius 3 is 2.60 bits per heavy atom. The zero-order valence-electron chi connectivity index (χ0n) is 23.0. The van der Waals surface area contributed by atoms with Gasteiger partial charge in [-0.25, -0.2) is 0 Å². The molecule has 7 nitrogen and oxygen atoms in total. The normalized spacial score (nSPS) is 17.1. The molecule has 1 saturated heterocycles. The van der Waals surface area contributed by atoms with Crippen molar-refractivity contribution in [3.8, 4) is 17.1 Å². The number of carbonyl (C=O) groups excluding carboxylic acids is 1. The molecule has 40 heavy (non-hydrogen) atoms. The lowest BCUT2D eigenvalue weighted by Crippen LogP contribution is -2.30. The van der Waals surface area contributed by atoms with Gasteiger partial charge in [0, 0.05) is 33.4 Å². The highest BCUT2D eigenvalue weighted by atomic mass is 79.9. The number of thiocarbonyl (C=S) groups is 1. The lowest BCUT2D eigenvalue weighted by molar-refractivity contribution is -0.123. The first kappa shape index (κ1) is 27.9. The molecule has 5 rings (SSSR count). The van der Waals surface area contributed by atoms with E-state index in [0.717, 1.165) is 38.5 Å². The number of aromatic nitrogens is 1. The molecule has 0 radical (unpaired) electrons. The minimum absolute atomic E-state index is 0.101. The molecule has 206 valence electrons. The van der Waals surface area contributed by atoms with Gasteiger partial charge in [0.05, 0.1) is 24.5 Å². The van der Waals surface area contributed by atoms with Crippen molar-refractivity contribution in [2.24, 2.45) is 5.41 Å². The molecule has 9 heteroatoms. The molecule has 2 N–H and O–H groups in total. The number of ether oxygens (including phenoxy) is 1. The Balaban J connectivity index is 1.57. The van der Waals surface area contributed by atoms with Crippen LogP contribution < -0.4 is 20.3 Å². The Bertz CT molecular complexity index is 1560. The van der Waals surface area contributed by atoms with E-state index in [1.165, 1.54) is 0 Å². The van der Waals surface area contributed by atoms with Crippen molar-refractivity contribution in [3.05, 3.63) is 94.4 Å². The van der Waals surface area contributed by atoms with E-state index in [2.05, 4.69) is 50.6 Å². The molecule has 1 amide bonds. The number of aryl methyl sites for hydroxylation is 1. The summed E-state index contributed by atoms with van der Waals surface area (Å²) >= 11 is 9.55. The van der Waals surface area contributed by atoms with Crippen LogP contribution in [0.4, 0.5) is 11.4 Å². The Morgan fingerprint density at radius 2 is 1.93 bits per heavy atom. The van der Waals surface area contributed by atoms with E-state index >= 15 is 0 Å². The minimum Gasteiger partial charge on any atom is -0.494 e. The van der Waals surface area contributed by atoms with Gasteiger partial charge >= 0.3 is 0 Å². The second-order valence-corrected chi connectivity index (χ2v) is 12.0. The van der Waals surface area contributed by atoms with Crippen LogP contribution in [0.3, 0.4) is 0 Å². The van der Waals surface area contributed by atoms with Crippen LogP contribution in [0, 0.1) is 12.3 Å². The summed E-state index contributed by atoms with van der Waals surface area (Å²) in [5.74, 6) is 1.91. The van der Waals surface area contributed by atoms with E-state index in [1.54, 1.807) is 13.3 Å².